The van der Waals surface area contributed by atoms with E-state index in [4.69, 9.17) is 14.2 Å². The highest BCUT2D eigenvalue weighted by Crippen LogP contribution is 2.41. The minimum absolute atomic E-state index is 0.0260. The van der Waals surface area contributed by atoms with Crippen molar-refractivity contribution in [3.05, 3.63) is 59.7 Å². The van der Waals surface area contributed by atoms with Gasteiger partial charge in [-0.2, -0.15) is 0 Å². The molecule has 1 aromatic carbocycles. The number of aliphatic hydroxyl groups is 1. The number of esters is 1. The van der Waals surface area contributed by atoms with Crippen molar-refractivity contribution in [1.82, 2.24) is 0 Å². The van der Waals surface area contributed by atoms with E-state index in [2.05, 4.69) is 24.3 Å². The van der Waals surface area contributed by atoms with Crippen molar-refractivity contribution in [3.8, 4) is 0 Å². The average Bonchev–Trinajstić information content (AvgIpc) is 3.45. The Labute approximate surface area is 227 Å². The second-order valence-corrected chi connectivity index (χ2v) is 11.4. The van der Waals surface area contributed by atoms with E-state index in [0.717, 1.165) is 44.9 Å². The molecule has 0 spiro atoms. The minimum atomic E-state index is -1.02. The predicted molar refractivity (Wildman–Crippen MR) is 146 cm³/mol. The van der Waals surface area contributed by atoms with Gasteiger partial charge in [0.1, 0.15) is 6.17 Å². The molecular formula is C32H45FO5. The number of halogens is 1. The number of carbonyl (C=O) groups is 1. The third kappa shape index (κ3) is 8.24. The van der Waals surface area contributed by atoms with Crippen LogP contribution in [0.2, 0.25) is 0 Å². The molecule has 1 N–H and O–H groups in total. The molecule has 1 saturated carbocycles. The summed E-state index contributed by atoms with van der Waals surface area (Å²) < 4.78 is 32.7. The number of rotatable bonds is 12. The van der Waals surface area contributed by atoms with Crippen LogP contribution in [0.1, 0.15) is 76.3 Å². The third-order valence-corrected chi connectivity index (χ3v) is 8.10. The molecule has 1 aliphatic heterocycles. The molecule has 4 rings (SSSR count). The molecular weight excluding hydrogens is 483 g/mol. The van der Waals surface area contributed by atoms with Gasteiger partial charge in [-0.1, -0.05) is 48.6 Å². The van der Waals surface area contributed by atoms with E-state index in [1.165, 1.54) is 11.1 Å². The standard InChI is InChI=1S/C32H45FO5/c1-22(2)37-31(35)14-6-4-3-5-13-27-26(28(33)21-30(27)38-32-15-9-10-18-36-32)16-17-29(34)25-19-23-11-7-8-12-24(23)20-25/h3,5,7-8,11-12,16-17,22,25-30,32,34H,4,6,9-10,13-15,18-21H2,1-2H3/b5-3+,17-16+/t26-,27-,28+,29-,30+,32?/m1/s1. The van der Waals surface area contributed by atoms with Gasteiger partial charge in [-0.05, 0) is 88.2 Å². The number of allylic oxidation sites excluding steroid dienone is 3. The lowest BCUT2D eigenvalue weighted by atomic mass is 9.88. The van der Waals surface area contributed by atoms with Gasteiger partial charge in [0, 0.05) is 25.4 Å². The van der Waals surface area contributed by atoms with Crippen molar-refractivity contribution in [2.75, 3.05) is 6.61 Å². The number of aliphatic hydroxyl groups excluding tert-OH is 1. The predicted octanol–water partition coefficient (Wildman–Crippen LogP) is 6.27. The molecule has 0 bridgehead atoms. The van der Waals surface area contributed by atoms with Gasteiger partial charge >= 0.3 is 5.97 Å². The van der Waals surface area contributed by atoms with Crippen LogP contribution in [0.4, 0.5) is 4.39 Å². The normalized spacial score (nSPS) is 28.9. The summed E-state index contributed by atoms with van der Waals surface area (Å²) in [5, 5.41) is 10.9. The number of fused-ring (bicyclic) bond motifs is 1. The molecule has 38 heavy (non-hydrogen) atoms. The molecule has 2 aliphatic carbocycles. The number of hydrogen-bond donors (Lipinski definition) is 1. The minimum Gasteiger partial charge on any atom is -0.463 e. The molecule has 6 heteroatoms. The van der Waals surface area contributed by atoms with Gasteiger partial charge in [-0.25, -0.2) is 4.39 Å². The molecule has 3 aliphatic rings. The Hall–Kier alpha value is -2.02. The first-order chi connectivity index (χ1) is 18.4. The summed E-state index contributed by atoms with van der Waals surface area (Å²) in [4.78, 5) is 11.7. The number of hydrogen-bond acceptors (Lipinski definition) is 5. The Morgan fingerprint density at radius 3 is 2.63 bits per heavy atom. The number of alkyl halides is 1. The average molecular weight is 529 g/mol. The van der Waals surface area contributed by atoms with Gasteiger partial charge < -0.3 is 19.3 Å². The molecule has 0 radical (unpaired) electrons. The van der Waals surface area contributed by atoms with Crippen molar-refractivity contribution in [2.24, 2.45) is 17.8 Å². The lowest BCUT2D eigenvalue weighted by molar-refractivity contribution is -0.195. The van der Waals surface area contributed by atoms with Crippen LogP contribution >= 0.6 is 0 Å². The maximum Gasteiger partial charge on any atom is 0.306 e. The molecule has 5 nitrogen and oxygen atoms in total. The zero-order valence-electron chi connectivity index (χ0n) is 23.0. The van der Waals surface area contributed by atoms with Crippen molar-refractivity contribution >= 4 is 5.97 Å². The second kappa shape index (κ2) is 14.4. The Morgan fingerprint density at radius 1 is 1.18 bits per heavy atom. The van der Waals surface area contributed by atoms with Gasteiger partial charge in [-0.3, -0.25) is 4.79 Å². The summed E-state index contributed by atoms with van der Waals surface area (Å²) in [5.74, 6) is -0.374. The van der Waals surface area contributed by atoms with Gasteiger partial charge in [0.2, 0.25) is 0 Å². The number of ether oxygens (including phenoxy) is 3. The highest BCUT2D eigenvalue weighted by atomic mass is 19.1. The van der Waals surface area contributed by atoms with E-state index in [0.29, 0.717) is 25.9 Å². The summed E-state index contributed by atoms with van der Waals surface area (Å²) in [6, 6.07) is 8.35. The van der Waals surface area contributed by atoms with Gasteiger partial charge in [0.05, 0.1) is 18.3 Å². The van der Waals surface area contributed by atoms with Crippen LogP contribution in [0.3, 0.4) is 0 Å². The van der Waals surface area contributed by atoms with Crippen LogP contribution in [0.15, 0.2) is 48.6 Å². The fourth-order valence-corrected chi connectivity index (χ4v) is 6.10. The van der Waals surface area contributed by atoms with Gasteiger partial charge in [-0.15, -0.1) is 0 Å². The first kappa shape index (κ1) is 29.0. The number of unbranched alkanes of at least 4 members (excludes halogenated alkanes) is 1. The lowest BCUT2D eigenvalue weighted by Crippen LogP contribution is -2.31. The molecule has 210 valence electrons. The Kier molecular flexibility index (Phi) is 11.0. The number of benzene rings is 1. The van der Waals surface area contributed by atoms with E-state index >= 15 is 4.39 Å². The third-order valence-electron chi connectivity index (χ3n) is 8.10. The maximum atomic E-state index is 15.4. The van der Waals surface area contributed by atoms with Gasteiger partial charge in [0.15, 0.2) is 6.29 Å². The molecule has 0 aromatic heterocycles. The zero-order valence-corrected chi connectivity index (χ0v) is 23.0. The molecule has 1 heterocycles. The Balaban J connectivity index is 1.35. The molecule has 6 atom stereocenters. The van der Waals surface area contributed by atoms with Gasteiger partial charge in [0.25, 0.3) is 0 Å². The van der Waals surface area contributed by atoms with Crippen molar-refractivity contribution in [3.63, 3.8) is 0 Å². The van der Waals surface area contributed by atoms with Crippen molar-refractivity contribution in [1.29, 1.82) is 0 Å². The van der Waals surface area contributed by atoms with E-state index in [1.807, 2.05) is 38.1 Å². The van der Waals surface area contributed by atoms with Crippen molar-refractivity contribution in [2.45, 2.75) is 109 Å². The van der Waals surface area contributed by atoms with E-state index < -0.39 is 12.3 Å². The van der Waals surface area contributed by atoms with Crippen LogP contribution < -0.4 is 0 Å². The lowest BCUT2D eigenvalue weighted by Gasteiger charge is -2.29. The molecule has 1 unspecified atom stereocenters. The summed E-state index contributed by atoms with van der Waals surface area (Å²) in [7, 11) is 0. The van der Waals surface area contributed by atoms with E-state index in [9.17, 15) is 9.90 Å². The quantitative estimate of drug-likeness (QED) is 0.197. The topological polar surface area (TPSA) is 65.0 Å². The summed E-state index contributed by atoms with van der Waals surface area (Å²) in [5.41, 5.74) is 2.60. The van der Waals surface area contributed by atoms with E-state index in [-0.39, 0.29) is 42.2 Å². The summed E-state index contributed by atoms with van der Waals surface area (Å²) in [6.07, 6.45) is 13.3. The van der Waals surface area contributed by atoms with Crippen LogP contribution in [-0.2, 0) is 31.8 Å². The monoisotopic (exact) mass is 528 g/mol. The highest BCUT2D eigenvalue weighted by Gasteiger charge is 2.43. The highest BCUT2D eigenvalue weighted by molar-refractivity contribution is 5.69. The summed E-state index contributed by atoms with van der Waals surface area (Å²) >= 11 is 0. The molecule has 1 aromatic rings. The van der Waals surface area contributed by atoms with Crippen LogP contribution in [-0.4, -0.2) is 48.5 Å². The first-order valence-electron chi connectivity index (χ1n) is 14.6. The SMILES string of the molecule is CC(C)OC(=O)CCC/C=C/C[C@@H]1[C@@H](/C=C/[C@@H](O)C2Cc3ccccc3C2)[C@@H](F)C[C@@H]1OC1CCCCO1. The fourth-order valence-electron chi connectivity index (χ4n) is 6.10. The largest absolute Gasteiger partial charge is 0.463 e. The molecule has 0 amide bonds. The second-order valence-electron chi connectivity index (χ2n) is 11.4. The van der Waals surface area contributed by atoms with E-state index in [1.54, 1.807) is 0 Å². The van der Waals surface area contributed by atoms with Crippen LogP contribution in [0.5, 0.6) is 0 Å². The van der Waals surface area contributed by atoms with Crippen LogP contribution in [0, 0.1) is 17.8 Å². The Morgan fingerprint density at radius 2 is 1.95 bits per heavy atom. The molecule has 1 saturated heterocycles. The summed E-state index contributed by atoms with van der Waals surface area (Å²) in [6.45, 7) is 4.40. The zero-order chi connectivity index (χ0) is 26.9. The maximum absolute atomic E-state index is 15.4. The smallest absolute Gasteiger partial charge is 0.306 e. The van der Waals surface area contributed by atoms with Crippen LogP contribution in [0.25, 0.3) is 0 Å². The molecule has 2 fully saturated rings. The van der Waals surface area contributed by atoms with Crippen molar-refractivity contribution < 1.29 is 28.5 Å². The Bertz CT molecular complexity index is 913. The first-order valence-corrected chi connectivity index (χ1v) is 14.6. The number of carbonyl (C=O) groups excluding carboxylic acids is 1. The fraction of sp³-hybridized carbons (Fsp3) is 0.656.